The lowest BCUT2D eigenvalue weighted by Crippen LogP contribution is -2.33. The van der Waals surface area contributed by atoms with Crippen molar-refractivity contribution in [3.8, 4) is 0 Å². The van der Waals surface area contributed by atoms with Crippen LogP contribution >= 0.6 is 0 Å². The van der Waals surface area contributed by atoms with Gasteiger partial charge >= 0.3 is 0 Å². The van der Waals surface area contributed by atoms with E-state index in [1.807, 2.05) is 11.0 Å². The number of carbonyl (C=O) groups excluding carboxylic acids is 1. The summed E-state index contributed by atoms with van der Waals surface area (Å²) in [6.07, 6.45) is 2.28. The number of rotatable bonds is 1. The molecule has 3 unspecified atom stereocenters. The standard InChI is InChI=1S/C18H23N3O/c1-10-5-11(2)13-7-17(20-16(13)6-10)18(22)21-8-12-3-4-15(19)14(12)9-21/h5-7,12,14-15,20H,3-4,8-9,19H2,1-2H3. The van der Waals surface area contributed by atoms with Crippen molar-refractivity contribution >= 4 is 16.8 Å². The van der Waals surface area contributed by atoms with E-state index in [1.165, 1.54) is 17.5 Å². The topological polar surface area (TPSA) is 62.1 Å². The Morgan fingerprint density at radius 1 is 1.23 bits per heavy atom. The van der Waals surface area contributed by atoms with E-state index < -0.39 is 0 Å². The molecule has 2 fully saturated rings. The number of aryl methyl sites for hydroxylation is 2. The number of likely N-dealkylation sites (tertiary alicyclic amines) is 1. The molecule has 4 rings (SSSR count). The maximum Gasteiger partial charge on any atom is 0.270 e. The second kappa shape index (κ2) is 4.85. The highest BCUT2D eigenvalue weighted by Gasteiger charge is 2.42. The Bertz CT molecular complexity index is 748. The first-order valence-electron chi connectivity index (χ1n) is 8.18. The van der Waals surface area contributed by atoms with Gasteiger partial charge in [0.1, 0.15) is 5.69 Å². The van der Waals surface area contributed by atoms with Gasteiger partial charge in [-0.15, -0.1) is 0 Å². The number of benzene rings is 1. The number of nitrogens with zero attached hydrogens (tertiary/aromatic N) is 1. The fraction of sp³-hybridized carbons (Fsp3) is 0.500. The SMILES string of the molecule is Cc1cc(C)c2cc(C(=O)N3CC4CCC(N)C4C3)[nH]c2c1. The number of carbonyl (C=O) groups is 1. The molecule has 0 spiro atoms. The summed E-state index contributed by atoms with van der Waals surface area (Å²) in [5.41, 5.74) is 10.4. The Morgan fingerprint density at radius 2 is 2.05 bits per heavy atom. The van der Waals surface area contributed by atoms with Crippen molar-refractivity contribution in [2.45, 2.75) is 32.7 Å². The van der Waals surface area contributed by atoms with Gasteiger partial charge in [-0.3, -0.25) is 4.79 Å². The number of hydrogen-bond donors (Lipinski definition) is 2. The molecule has 1 aliphatic carbocycles. The van der Waals surface area contributed by atoms with Gasteiger partial charge in [-0.1, -0.05) is 6.07 Å². The van der Waals surface area contributed by atoms with Crippen molar-refractivity contribution in [3.05, 3.63) is 35.0 Å². The summed E-state index contributed by atoms with van der Waals surface area (Å²) >= 11 is 0. The lowest BCUT2D eigenvalue weighted by Gasteiger charge is -2.17. The molecule has 1 aromatic heterocycles. The molecule has 22 heavy (non-hydrogen) atoms. The van der Waals surface area contributed by atoms with Crippen LogP contribution in [0.5, 0.6) is 0 Å². The highest BCUT2D eigenvalue weighted by Crippen LogP contribution is 2.37. The van der Waals surface area contributed by atoms with E-state index in [0.717, 1.165) is 30.4 Å². The third-order valence-electron chi connectivity index (χ3n) is 5.52. The molecule has 2 aromatic rings. The first-order chi connectivity index (χ1) is 10.5. The molecule has 1 saturated heterocycles. The predicted molar refractivity (Wildman–Crippen MR) is 87.9 cm³/mol. The molecule has 3 N–H and O–H groups in total. The number of aromatic nitrogens is 1. The second-order valence-electron chi connectivity index (χ2n) is 7.10. The average molecular weight is 297 g/mol. The van der Waals surface area contributed by atoms with Gasteiger partial charge in [-0.2, -0.15) is 0 Å². The molecule has 2 aliphatic rings. The summed E-state index contributed by atoms with van der Waals surface area (Å²) in [5, 5.41) is 1.14. The van der Waals surface area contributed by atoms with Crippen LogP contribution in [0.25, 0.3) is 10.9 Å². The predicted octanol–water partition coefficient (Wildman–Crippen LogP) is 2.59. The molecule has 1 saturated carbocycles. The van der Waals surface area contributed by atoms with Crippen molar-refractivity contribution in [2.75, 3.05) is 13.1 Å². The van der Waals surface area contributed by atoms with Crippen molar-refractivity contribution in [1.82, 2.24) is 9.88 Å². The quantitative estimate of drug-likeness (QED) is 0.850. The summed E-state index contributed by atoms with van der Waals surface area (Å²) in [4.78, 5) is 18.1. The zero-order chi connectivity index (χ0) is 15.4. The third-order valence-corrected chi connectivity index (χ3v) is 5.52. The van der Waals surface area contributed by atoms with Crippen LogP contribution in [0.4, 0.5) is 0 Å². The number of hydrogen-bond acceptors (Lipinski definition) is 2. The summed E-state index contributed by atoms with van der Waals surface area (Å²) in [6, 6.07) is 6.54. The third kappa shape index (κ3) is 2.05. The zero-order valence-corrected chi connectivity index (χ0v) is 13.2. The van der Waals surface area contributed by atoms with Gasteiger partial charge in [0.25, 0.3) is 5.91 Å². The molecular formula is C18H23N3O. The number of H-pyrrole nitrogens is 1. The van der Waals surface area contributed by atoms with Gasteiger partial charge in [0, 0.05) is 30.0 Å². The fourth-order valence-electron chi connectivity index (χ4n) is 4.36. The Hall–Kier alpha value is -1.81. The summed E-state index contributed by atoms with van der Waals surface area (Å²) in [7, 11) is 0. The van der Waals surface area contributed by atoms with E-state index in [4.69, 9.17) is 5.73 Å². The zero-order valence-electron chi connectivity index (χ0n) is 13.2. The highest BCUT2D eigenvalue weighted by molar-refractivity contribution is 5.99. The van der Waals surface area contributed by atoms with E-state index in [9.17, 15) is 4.79 Å². The minimum absolute atomic E-state index is 0.120. The highest BCUT2D eigenvalue weighted by atomic mass is 16.2. The molecule has 1 amide bonds. The summed E-state index contributed by atoms with van der Waals surface area (Å²) < 4.78 is 0. The van der Waals surface area contributed by atoms with Gasteiger partial charge in [0.05, 0.1) is 0 Å². The Morgan fingerprint density at radius 3 is 2.82 bits per heavy atom. The average Bonchev–Trinajstić information content (AvgIpc) is 3.14. The van der Waals surface area contributed by atoms with Crippen LogP contribution in [0.1, 0.15) is 34.5 Å². The van der Waals surface area contributed by atoms with E-state index in [2.05, 4.69) is 31.0 Å². The largest absolute Gasteiger partial charge is 0.351 e. The van der Waals surface area contributed by atoms with Gasteiger partial charge in [0.15, 0.2) is 0 Å². The summed E-state index contributed by atoms with van der Waals surface area (Å²) in [6.45, 7) is 5.86. The van der Waals surface area contributed by atoms with Gasteiger partial charge < -0.3 is 15.6 Å². The number of amides is 1. The van der Waals surface area contributed by atoms with Crippen LogP contribution in [0, 0.1) is 25.7 Å². The van der Waals surface area contributed by atoms with Crippen LogP contribution in [0.3, 0.4) is 0 Å². The fourth-order valence-corrected chi connectivity index (χ4v) is 4.36. The Labute approximate surface area is 130 Å². The van der Waals surface area contributed by atoms with E-state index >= 15 is 0 Å². The smallest absolute Gasteiger partial charge is 0.270 e. The van der Waals surface area contributed by atoms with Crippen molar-refractivity contribution < 1.29 is 4.79 Å². The van der Waals surface area contributed by atoms with Crippen LogP contribution in [0.15, 0.2) is 18.2 Å². The minimum Gasteiger partial charge on any atom is -0.351 e. The molecule has 1 aromatic carbocycles. The van der Waals surface area contributed by atoms with Gasteiger partial charge in [-0.25, -0.2) is 0 Å². The van der Waals surface area contributed by atoms with Crippen molar-refractivity contribution in [2.24, 2.45) is 17.6 Å². The first kappa shape index (κ1) is 13.8. The molecule has 4 nitrogen and oxygen atoms in total. The number of nitrogens with one attached hydrogen (secondary N) is 1. The van der Waals surface area contributed by atoms with Crippen molar-refractivity contribution in [1.29, 1.82) is 0 Å². The number of nitrogens with two attached hydrogens (primary N) is 1. The maximum absolute atomic E-state index is 12.8. The normalized spacial score (nSPS) is 27.6. The molecular weight excluding hydrogens is 274 g/mol. The molecule has 0 radical (unpaired) electrons. The summed E-state index contributed by atoms with van der Waals surface area (Å²) in [5.74, 6) is 1.22. The van der Waals surface area contributed by atoms with E-state index in [0.29, 0.717) is 17.5 Å². The second-order valence-corrected chi connectivity index (χ2v) is 7.10. The van der Waals surface area contributed by atoms with Crippen LogP contribution in [-0.4, -0.2) is 34.9 Å². The first-order valence-corrected chi connectivity index (χ1v) is 8.18. The number of aromatic amines is 1. The molecule has 2 heterocycles. The molecule has 0 bridgehead atoms. The molecule has 4 heteroatoms. The molecule has 116 valence electrons. The van der Waals surface area contributed by atoms with Crippen molar-refractivity contribution in [3.63, 3.8) is 0 Å². The van der Waals surface area contributed by atoms with E-state index in [1.54, 1.807) is 0 Å². The maximum atomic E-state index is 12.8. The lowest BCUT2D eigenvalue weighted by atomic mass is 9.98. The van der Waals surface area contributed by atoms with Gasteiger partial charge in [-0.05, 0) is 61.8 Å². The monoisotopic (exact) mass is 297 g/mol. The Balaban J connectivity index is 1.62. The van der Waals surface area contributed by atoms with Crippen LogP contribution < -0.4 is 5.73 Å². The van der Waals surface area contributed by atoms with Gasteiger partial charge in [0.2, 0.25) is 0 Å². The Kier molecular flexibility index (Phi) is 3.05. The number of fused-ring (bicyclic) bond motifs is 2. The molecule has 3 atom stereocenters. The molecule has 1 aliphatic heterocycles. The lowest BCUT2D eigenvalue weighted by molar-refractivity contribution is 0.0774. The van der Waals surface area contributed by atoms with E-state index in [-0.39, 0.29) is 11.9 Å². The van der Waals surface area contributed by atoms with Crippen LogP contribution in [0.2, 0.25) is 0 Å². The van der Waals surface area contributed by atoms with Crippen LogP contribution in [-0.2, 0) is 0 Å². The minimum atomic E-state index is 0.120.